The number of hydrogen-bond donors (Lipinski definition) is 2. The van der Waals surface area contributed by atoms with Crippen molar-refractivity contribution in [1.29, 1.82) is 0 Å². The fourth-order valence-electron chi connectivity index (χ4n) is 2.24. The lowest BCUT2D eigenvalue weighted by molar-refractivity contribution is -0.890. The number of carbonyl (C=O) groups is 1. The van der Waals surface area contributed by atoms with Gasteiger partial charge in [-0.3, -0.25) is 4.79 Å². The maximum absolute atomic E-state index is 11.8. The molecule has 2 N–H and O–H groups in total. The molecular weight excluding hydrogens is 218 g/mol. The van der Waals surface area contributed by atoms with Crippen LogP contribution in [0.25, 0.3) is 0 Å². The summed E-state index contributed by atoms with van der Waals surface area (Å²) in [5.74, 6) is 1.25. The Kier molecular flexibility index (Phi) is 4.14. The van der Waals surface area contributed by atoms with Crippen LogP contribution in [0.1, 0.15) is 31.4 Å². The maximum atomic E-state index is 11.8. The van der Waals surface area contributed by atoms with Gasteiger partial charge in [0, 0.05) is 6.07 Å². The molecule has 0 atom stereocenters. The summed E-state index contributed by atoms with van der Waals surface area (Å²) >= 11 is 0. The van der Waals surface area contributed by atoms with Gasteiger partial charge in [-0.2, -0.15) is 0 Å². The second-order valence-corrected chi connectivity index (χ2v) is 4.71. The van der Waals surface area contributed by atoms with E-state index in [1.807, 2.05) is 6.92 Å². The molecule has 0 aliphatic carbocycles. The first-order valence-corrected chi connectivity index (χ1v) is 6.31. The molecule has 17 heavy (non-hydrogen) atoms. The smallest absolute Gasteiger partial charge is 0.280 e. The van der Waals surface area contributed by atoms with Crippen molar-refractivity contribution in [3.8, 4) is 0 Å². The molecule has 0 radical (unpaired) electrons. The van der Waals surface area contributed by atoms with Crippen molar-refractivity contribution in [1.82, 2.24) is 5.16 Å². The molecule has 94 valence electrons. The van der Waals surface area contributed by atoms with Gasteiger partial charge in [0.1, 0.15) is 5.76 Å². The molecule has 0 unspecified atom stereocenters. The summed E-state index contributed by atoms with van der Waals surface area (Å²) < 4.78 is 4.90. The molecule has 5 heteroatoms. The third-order valence-electron chi connectivity index (χ3n) is 3.12. The van der Waals surface area contributed by atoms with Crippen LogP contribution >= 0.6 is 0 Å². The van der Waals surface area contributed by atoms with Crippen LogP contribution in [-0.4, -0.2) is 30.7 Å². The summed E-state index contributed by atoms with van der Waals surface area (Å²) in [6, 6.07) is 1.73. The number of anilines is 1. The predicted octanol–water partition coefficient (Wildman–Crippen LogP) is 0.380. The SMILES string of the molecule is Cc1cc(NC(=O)C[NH+]2CCCCCC2)no1. The number of quaternary nitrogens is 1. The van der Waals surface area contributed by atoms with E-state index in [1.165, 1.54) is 30.6 Å². The van der Waals surface area contributed by atoms with E-state index in [9.17, 15) is 4.79 Å². The molecule has 1 fully saturated rings. The minimum Gasteiger partial charge on any atom is -0.360 e. The van der Waals surface area contributed by atoms with E-state index in [-0.39, 0.29) is 5.91 Å². The molecule has 1 aliphatic rings. The van der Waals surface area contributed by atoms with E-state index >= 15 is 0 Å². The highest BCUT2D eigenvalue weighted by Gasteiger charge is 2.17. The van der Waals surface area contributed by atoms with E-state index in [4.69, 9.17) is 4.52 Å². The standard InChI is InChI=1S/C12H19N3O2/c1-10-8-11(14-17-10)13-12(16)9-15-6-4-2-3-5-7-15/h8H,2-7,9H2,1H3,(H,13,14,16)/p+1. The van der Waals surface area contributed by atoms with Gasteiger partial charge in [0.15, 0.2) is 12.4 Å². The van der Waals surface area contributed by atoms with E-state index in [1.54, 1.807) is 6.07 Å². The zero-order valence-electron chi connectivity index (χ0n) is 10.3. The van der Waals surface area contributed by atoms with Gasteiger partial charge in [-0.1, -0.05) is 5.16 Å². The number of nitrogens with zero attached hydrogens (tertiary/aromatic N) is 1. The van der Waals surface area contributed by atoms with Gasteiger partial charge in [-0.25, -0.2) is 0 Å². The van der Waals surface area contributed by atoms with Crippen LogP contribution in [0.3, 0.4) is 0 Å². The molecule has 0 aromatic carbocycles. The van der Waals surface area contributed by atoms with Crippen molar-refractivity contribution in [3.05, 3.63) is 11.8 Å². The Morgan fingerprint density at radius 2 is 2.12 bits per heavy atom. The van der Waals surface area contributed by atoms with Gasteiger partial charge >= 0.3 is 0 Å². The second kappa shape index (κ2) is 5.82. The number of nitrogens with one attached hydrogen (secondary N) is 2. The Morgan fingerprint density at radius 3 is 2.71 bits per heavy atom. The Bertz CT molecular complexity index is 368. The van der Waals surface area contributed by atoms with E-state index in [0.717, 1.165) is 13.1 Å². The highest BCUT2D eigenvalue weighted by Crippen LogP contribution is 2.06. The maximum Gasteiger partial charge on any atom is 0.280 e. The van der Waals surface area contributed by atoms with Crippen molar-refractivity contribution in [2.75, 3.05) is 25.0 Å². The highest BCUT2D eigenvalue weighted by molar-refractivity contribution is 5.90. The first kappa shape index (κ1) is 12.1. The predicted molar refractivity (Wildman–Crippen MR) is 63.9 cm³/mol. The van der Waals surface area contributed by atoms with Gasteiger partial charge in [0.2, 0.25) is 0 Å². The van der Waals surface area contributed by atoms with Crippen molar-refractivity contribution < 1.29 is 14.2 Å². The van der Waals surface area contributed by atoms with Gasteiger partial charge in [-0.05, 0) is 32.6 Å². The normalized spacial score (nSPS) is 17.7. The van der Waals surface area contributed by atoms with Crippen LogP contribution in [0, 0.1) is 6.92 Å². The summed E-state index contributed by atoms with van der Waals surface area (Å²) in [5.41, 5.74) is 0. The van der Waals surface area contributed by atoms with Gasteiger partial charge in [-0.15, -0.1) is 0 Å². The van der Waals surface area contributed by atoms with Crippen molar-refractivity contribution >= 4 is 11.7 Å². The fraction of sp³-hybridized carbons (Fsp3) is 0.667. The van der Waals surface area contributed by atoms with E-state index < -0.39 is 0 Å². The lowest BCUT2D eigenvalue weighted by atomic mass is 10.2. The molecule has 1 saturated heterocycles. The van der Waals surface area contributed by atoms with E-state index in [0.29, 0.717) is 18.1 Å². The first-order valence-electron chi connectivity index (χ1n) is 6.31. The molecule has 1 aromatic heterocycles. The van der Waals surface area contributed by atoms with Crippen molar-refractivity contribution in [2.45, 2.75) is 32.6 Å². The molecule has 2 heterocycles. The number of rotatable bonds is 3. The minimum absolute atomic E-state index is 0.0233. The van der Waals surface area contributed by atoms with Crippen molar-refractivity contribution in [3.63, 3.8) is 0 Å². The Balaban J connectivity index is 1.80. The molecule has 0 saturated carbocycles. The Morgan fingerprint density at radius 1 is 1.41 bits per heavy atom. The zero-order valence-corrected chi connectivity index (χ0v) is 10.3. The molecule has 1 amide bonds. The quantitative estimate of drug-likeness (QED) is 0.800. The fourth-order valence-corrected chi connectivity index (χ4v) is 2.24. The lowest BCUT2D eigenvalue weighted by Gasteiger charge is -2.15. The molecule has 0 spiro atoms. The number of likely N-dealkylation sites (tertiary alicyclic amines) is 1. The molecular formula is C12H20N3O2+. The first-order chi connectivity index (χ1) is 8.24. The number of aryl methyl sites for hydroxylation is 1. The summed E-state index contributed by atoms with van der Waals surface area (Å²) in [7, 11) is 0. The van der Waals surface area contributed by atoms with Crippen LogP contribution in [0.4, 0.5) is 5.82 Å². The summed E-state index contributed by atoms with van der Waals surface area (Å²) in [4.78, 5) is 13.2. The molecule has 2 rings (SSSR count). The van der Waals surface area contributed by atoms with Gasteiger partial charge in [0.25, 0.3) is 5.91 Å². The van der Waals surface area contributed by atoms with Gasteiger partial charge in [0.05, 0.1) is 13.1 Å². The average Bonchev–Trinajstić information content (AvgIpc) is 2.53. The molecule has 1 aliphatic heterocycles. The lowest BCUT2D eigenvalue weighted by Crippen LogP contribution is -3.12. The Hall–Kier alpha value is -1.36. The number of aromatic nitrogens is 1. The largest absolute Gasteiger partial charge is 0.360 e. The van der Waals surface area contributed by atoms with Crippen LogP contribution in [0.5, 0.6) is 0 Å². The number of hydrogen-bond acceptors (Lipinski definition) is 3. The topological polar surface area (TPSA) is 59.6 Å². The second-order valence-electron chi connectivity index (χ2n) is 4.71. The average molecular weight is 238 g/mol. The van der Waals surface area contributed by atoms with Crippen LogP contribution in [0.2, 0.25) is 0 Å². The monoisotopic (exact) mass is 238 g/mol. The zero-order chi connectivity index (χ0) is 12.1. The third kappa shape index (κ3) is 3.85. The van der Waals surface area contributed by atoms with Crippen molar-refractivity contribution in [2.24, 2.45) is 0 Å². The molecule has 0 bridgehead atoms. The minimum atomic E-state index is 0.0233. The number of amides is 1. The third-order valence-corrected chi connectivity index (χ3v) is 3.12. The number of carbonyl (C=O) groups excluding carboxylic acids is 1. The molecule has 5 nitrogen and oxygen atoms in total. The summed E-state index contributed by atoms with van der Waals surface area (Å²) in [5, 5.41) is 6.52. The Labute approximate surface area is 101 Å². The van der Waals surface area contributed by atoms with E-state index in [2.05, 4.69) is 10.5 Å². The van der Waals surface area contributed by atoms with Crippen LogP contribution in [0.15, 0.2) is 10.6 Å². The molecule has 1 aromatic rings. The van der Waals surface area contributed by atoms with Gasteiger partial charge < -0.3 is 14.7 Å². The van der Waals surface area contributed by atoms with Crippen LogP contribution in [-0.2, 0) is 4.79 Å². The van der Waals surface area contributed by atoms with Crippen LogP contribution < -0.4 is 10.2 Å². The highest BCUT2D eigenvalue weighted by atomic mass is 16.5. The summed E-state index contributed by atoms with van der Waals surface area (Å²) in [6.07, 6.45) is 5.05. The summed E-state index contributed by atoms with van der Waals surface area (Å²) in [6.45, 7) is 4.55.